The van der Waals surface area contributed by atoms with Gasteiger partial charge in [-0.05, 0) is 41.0 Å². The lowest BCUT2D eigenvalue weighted by molar-refractivity contribution is 0.414. The summed E-state index contributed by atoms with van der Waals surface area (Å²) in [6.45, 7) is 6.83. The van der Waals surface area contributed by atoms with Crippen molar-refractivity contribution in [3.05, 3.63) is 23.3 Å². The van der Waals surface area contributed by atoms with Crippen LogP contribution >= 0.6 is 0 Å². The van der Waals surface area contributed by atoms with Crippen molar-refractivity contribution in [2.24, 2.45) is 0 Å². The molecule has 0 fully saturated rings. The number of hydrogen-bond acceptors (Lipinski definition) is 2. The molecule has 0 aromatic heterocycles. The number of fused-ring (bicyclic) bond motifs is 1. The zero-order valence-electron chi connectivity index (χ0n) is 9.92. The zero-order chi connectivity index (χ0) is 11.2. The summed E-state index contributed by atoms with van der Waals surface area (Å²) in [6.07, 6.45) is 1.19. The van der Waals surface area contributed by atoms with Crippen molar-refractivity contribution in [3.63, 3.8) is 0 Å². The predicted molar refractivity (Wildman–Crippen MR) is 63.5 cm³/mol. The highest BCUT2D eigenvalue weighted by atomic mass is 16.5. The second-order valence-electron chi connectivity index (χ2n) is 5.17. The Morgan fingerprint density at radius 1 is 1.40 bits per heavy atom. The minimum atomic E-state index is 0.246. The number of hydrogen-bond donors (Lipinski definition) is 1. The van der Waals surface area contributed by atoms with Gasteiger partial charge in [0.25, 0.3) is 0 Å². The minimum absolute atomic E-state index is 0.246. The van der Waals surface area contributed by atoms with Crippen LogP contribution in [0.4, 0.5) is 5.69 Å². The Kier molecular flexibility index (Phi) is 2.18. The number of nitrogens with two attached hydrogens (primary N) is 1. The standard InChI is InChI=1S/C13H19NO/c1-8-7-13(2,3)10-6-12(15-4)11(14)5-9(8)10/h5-6,8H,7,14H2,1-4H3. The van der Waals surface area contributed by atoms with Crippen LogP contribution in [0.3, 0.4) is 0 Å². The van der Waals surface area contributed by atoms with Gasteiger partial charge in [0.05, 0.1) is 12.8 Å². The van der Waals surface area contributed by atoms with Crippen LogP contribution in [0.5, 0.6) is 5.75 Å². The average molecular weight is 205 g/mol. The van der Waals surface area contributed by atoms with Gasteiger partial charge in [0.1, 0.15) is 5.75 Å². The van der Waals surface area contributed by atoms with E-state index in [1.54, 1.807) is 7.11 Å². The largest absolute Gasteiger partial charge is 0.495 e. The van der Waals surface area contributed by atoms with Crippen LogP contribution in [0.25, 0.3) is 0 Å². The third-order valence-electron chi connectivity index (χ3n) is 3.48. The van der Waals surface area contributed by atoms with Crippen molar-refractivity contribution < 1.29 is 4.74 Å². The van der Waals surface area contributed by atoms with Crippen molar-refractivity contribution in [2.45, 2.75) is 38.5 Å². The molecule has 1 aliphatic rings. The van der Waals surface area contributed by atoms with Gasteiger partial charge in [0, 0.05) is 0 Å². The Hall–Kier alpha value is -1.18. The molecule has 0 amide bonds. The highest BCUT2D eigenvalue weighted by Crippen LogP contribution is 2.48. The first-order valence-electron chi connectivity index (χ1n) is 5.43. The molecule has 2 nitrogen and oxygen atoms in total. The summed E-state index contributed by atoms with van der Waals surface area (Å²) in [7, 11) is 1.67. The number of anilines is 1. The van der Waals surface area contributed by atoms with Gasteiger partial charge in [-0.25, -0.2) is 0 Å². The van der Waals surface area contributed by atoms with Gasteiger partial charge in [0.2, 0.25) is 0 Å². The van der Waals surface area contributed by atoms with Crippen LogP contribution in [0.1, 0.15) is 44.2 Å². The third kappa shape index (κ3) is 1.48. The van der Waals surface area contributed by atoms with Crippen LogP contribution in [0.2, 0.25) is 0 Å². The first kappa shape index (κ1) is 10.3. The first-order chi connectivity index (χ1) is 6.95. The summed E-state index contributed by atoms with van der Waals surface area (Å²) < 4.78 is 5.27. The van der Waals surface area contributed by atoms with E-state index in [-0.39, 0.29) is 5.41 Å². The Bertz CT molecular complexity index is 396. The molecule has 1 unspecified atom stereocenters. The molecule has 2 heteroatoms. The third-order valence-corrected chi connectivity index (χ3v) is 3.48. The number of benzene rings is 1. The minimum Gasteiger partial charge on any atom is -0.495 e. The van der Waals surface area contributed by atoms with E-state index >= 15 is 0 Å². The fourth-order valence-corrected chi connectivity index (χ4v) is 2.77. The molecule has 15 heavy (non-hydrogen) atoms. The SMILES string of the molecule is COc1cc2c(cc1N)C(C)CC2(C)C. The molecule has 2 N–H and O–H groups in total. The lowest BCUT2D eigenvalue weighted by Crippen LogP contribution is -2.12. The zero-order valence-corrected chi connectivity index (χ0v) is 9.92. The molecule has 1 aromatic carbocycles. The molecule has 1 aromatic rings. The summed E-state index contributed by atoms with van der Waals surface area (Å²) in [4.78, 5) is 0. The van der Waals surface area contributed by atoms with Crippen molar-refractivity contribution in [3.8, 4) is 5.75 Å². The highest BCUT2D eigenvalue weighted by molar-refractivity contribution is 5.60. The molecule has 0 saturated heterocycles. The molecular weight excluding hydrogens is 186 g/mol. The lowest BCUT2D eigenvalue weighted by atomic mass is 9.86. The van der Waals surface area contributed by atoms with Crippen LogP contribution in [0, 0.1) is 0 Å². The predicted octanol–water partition coefficient (Wildman–Crippen LogP) is 3.06. The molecular formula is C13H19NO. The van der Waals surface area contributed by atoms with Gasteiger partial charge < -0.3 is 10.5 Å². The second kappa shape index (κ2) is 3.16. The Morgan fingerprint density at radius 3 is 2.67 bits per heavy atom. The molecule has 1 aliphatic carbocycles. The molecule has 0 bridgehead atoms. The van der Waals surface area contributed by atoms with Crippen molar-refractivity contribution in [2.75, 3.05) is 12.8 Å². The Balaban J connectivity index is 2.61. The fraction of sp³-hybridized carbons (Fsp3) is 0.538. The van der Waals surface area contributed by atoms with Crippen LogP contribution in [0.15, 0.2) is 12.1 Å². The number of ether oxygens (including phenoxy) is 1. The van der Waals surface area contributed by atoms with E-state index in [2.05, 4.69) is 32.9 Å². The number of rotatable bonds is 1. The van der Waals surface area contributed by atoms with Crippen LogP contribution in [-0.4, -0.2) is 7.11 Å². The van der Waals surface area contributed by atoms with E-state index in [9.17, 15) is 0 Å². The summed E-state index contributed by atoms with van der Waals surface area (Å²) in [5.74, 6) is 1.40. The molecule has 0 spiro atoms. The van der Waals surface area contributed by atoms with Gasteiger partial charge in [-0.2, -0.15) is 0 Å². The van der Waals surface area contributed by atoms with Gasteiger partial charge in [-0.1, -0.05) is 20.8 Å². The maximum absolute atomic E-state index is 5.93. The maximum atomic E-state index is 5.93. The topological polar surface area (TPSA) is 35.2 Å². The van der Waals surface area contributed by atoms with Gasteiger partial charge in [-0.15, -0.1) is 0 Å². The Morgan fingerprint density at radius 2 is 2.07 bits per heavy atom. The molecule has 82 valence electrons. The van der Waals surface area contributed by atoms with E-state index in [1.807, 2.05) is 0 Å². The van der Waals surface area contributed by atoms with Crippen molar-refractivity contribution >= 4 is 5.69 Å². The van der Waals surface area contributed by atoms with Crippen molar-refractivity contribution in [1.82, 2.24) is 0 Å². The van der Waals surface area contributed by atoms with Gasteiger partial charge in [0.15, 0.2) is 0 Å². The lowest BCUT2D eigenvalue weighted by Gasteiger charge is -2.19. The summed E-state index contributed by atoms with van der Waals surface area (Å²) in [5.41, 5.74) is 9.70. The maximum Gasteiger partial charge on any atom is 0.142 e. The van der Waals surface area contributed by atoms with Crippen molar-refractivity contribution in [1.29, 1.82) is 0 Å². The van der Waals surface area contributed by atoms with Crippen LogP contribution < -0.4 is 10.5 Å². The summed E-state index contributed by atoms with van der Waals surface area (Å²) in [6, 6.07) is 4.18. The molecule has 0 heterocycles. The number of nitrogen functional groups attached to an aromatic ring is 1. The summed E-state index contributed by atoms with van der Waals surface area (Å²) in [5, 5.41) is 0. The normalized spacial score (nSPS) is 22.5. The average Bonchev–Trinajstić information content (AvgIpc) is 2.36. The second-order valence-corrected chi connectivity index (χ2v) is 5.17. The number of methoxy groups -OCH3 is 1. The Labute approximate surface area is 91.4 Å². The van der Waals surface area contributed by atoms with E-state index in [0.29, 0.717) is 5.92 Å². The quantitative estimate of drug-likeness (QED) is 0.715. The monoisotopic (exact) mass is 205 g/mol. The first-order valence-corrected chi connectivity index (χ1v) is 5.43. The smallest absolute Gasteiger partial charge is 0.142 e. The highest BCUT2D eigenvalue weighted by Gasteiger charge is 2.35. The molecule has 0 aliphatic heterocycles. The summed E-state index contributed by atoms with van der Waals surface area (Å²) >= 11 is 0. The van der Waals surface area contributed by atoms with E-state index in [4.69, 9.17) is 10.5 Å². The van der Waals surface area contributed by atoms with E-state index in [1.165, 1.54) is 17.5 Å². The molecule has 1 atom stereocenters. The van der Waals surface area contributed by atoms with Crippen LogP contribution in [-0.2, 0) is 5.41 Å². The van der Waals surface area contributed by atoms with E-state index < -0.39 is 0 Å². The van der Waals surface area contributed by atoms with E-state index in [0.717, 1.165) is 11.4 Å². The van der Waals surface area contributed by atoms with Gasteiger partial charge in [-0.3, -0.25) is 0 Å². The fourth-order valence-electron chi connectivity index (χ4n) is 2.77. The molecule has 0 saturated carbocycles. The van der Waals surface area contributed by atoms with Gasteiger partial charge >= 0.3 is 0 Å². The molecule has 0 radical (unpaired) electrons. The molecule has 2 rings (SSSR count).